The number of hydrogen-bond acceptors (Lipinski definition) is 4. The number of rotatable bonds is 9. The molecule has 1 rings (SSSR count). The Kier molecular flexibility index (Phi) is 11.1. The Balaban J connectivity index is 0.00000361. The van der Waals surface area contributed by atoms with Crippen molar-refractivity contribution < 1.29 is 9.59 Å². The van der Waals surface area contributed by atoms with Crippen LogP contribution in [-0.2, 0) is 4.79 Å². The minimum atomic E-state index is -0.0121. The lowest BCUT2D eigenvalue weighted by atomic mass is 10.2. The number of halogens is 1. The summed E-state index contributed by atoms with van der Waals surface area (Å²) in [4.78, 5) is 23.2. The Hall–Kier alpha value is -1.04. The van der Waals surface area contributed by atoms with Crippen LogP contribution in [0.2, 0.25) is 0 Å². The molecule has 20 heavy (non-hydrogen) atoms. The number of Topliss-reactive ketones (excluding diaryl/α,β-unsaturated/α-hetero) is 1. The summed E-state index contributed by atoms with van der Waals surface area (Å²) in [5.41, 5.74) is 0.699. The van der Waals surface area contributed by atoms with Gasteiger partial charge < -0.3 is 10.6 Å². The van der Waals surface area contributed by atoms with Crippen LogP contribution in [0.4, 0.5) is 0 Å². The molecule has 0 bridgehead atoms. The molecule has 0 aliphatic carbocycles. The maximum atomic E-state index is 11.8. The molecule has 0 fully saturated rings. The Morgan fingerprint density at radius 3 is 2.45 bits per heavy atom. The van der Waals surface area contributed by atoms with Gasteiger partial charge in [0.2, 0.25) is 5.91 Å². The van der Waals surface area contributed by atoms with Crippen LogP contribution in [0.25, 0.3) is 0 Å². The van der Waals surface area contributed by atoms with Gasteiger partial charge in [0.05, 0.1) is 11.5 Å². The Morgan fingerprint density at radius 2 is 1.80 bits per heavy atom. The third-order valence-corrected chi connectivity index (χ3v) is 3.42. The molecule has 0 radical (unpaired) electrons. The van der Waals surface area contributed by atoms with Crippen molar-refractivity contribution in [2.45, 2.75) is 6.42 Å². The molecule has 1 aromatic carbocycles. The van der Waals surface area contributed by atoms with Crippen LogP contribution in [-0.4, -0.2) is 43.3 Å². The van der Waals surface area contributed by atoms with Crippen molar-refractivity contribution in [3.05, 3.63) is 35.9 Å². The van der Waals surface area contributed by atoms with Crippen LogP contribution in [0, 0.1) is 0 Å². The molecule has 1 amide bonds. The van der Waals surface area contributed by atoms with E-state index in [1.165, 1.54) is 11.8 Å². The van der Waals surface area contributed by atoms with Crippen LogP contribution in [0.3, 0.4) is 0 Å². The molecule has 0 unspecified atom stereocenters. The number of nitrogens with one attached hydrogen (secondary N) is 2. The lowest BCUT2D eigenvalue weighted by Gasteiger charge is -2.04. The zero-order valence-corrected chi connectivity index (χ0v) is 13.2. The molecular formula is C14H21ClN2O2S. The summed E-state index contributed by atoms with van der Waals surface area (Å²) in [7, 11) is 1.88. The second-order valence-electron chi connectivity index (χ2n) is 4.09. The minimum Gasteiger partial charge on any atom is -0.355 e. The van der Waals surface area contributed by atoms with Crippen molar-refractivity contribution in [1.82, 2.24) is 10.6 Å². The molecule has 0 spiro atoms. The highest BCUT2D eigenvalue weighted by Crippen LogP contribution is 2.06. The number of thioether (sulfide) groups is 1. The molecule has 0 aliphatic heterocycles. The molecule has 4 nitrogen and oxygen atoms in total. The third kappa shape index (κ3) is 8.19. The van der Waals surface area contributed by atoms with Crippen LogP contribution >= 0.6 is 24.2 Å². The second kappa shape index (κ2) is 11.8. The zero-order chi connectivity index (χ0) is 13.9. The Morgan fingerprint density at radius 1 is 1.10 bits per heavy atom. The van der Waals surface area contributed by atoms with E-state index in [9.17, 15) is 9.59 Å². The summed E-state index contributed by atoms with van der Waals surface area (Å²) < 4.78 is 0. The van der Waals surface area contributed by atoms with Gasteiger partial charge in [-0.15, -0.1) is 24.2 Å². The second-order valence-corrected chi connectivity index (χ2v) is 5.07. The Bertz CT molecular complexity index is 401. The van der Waals surface area contributed by atoms with Crippen LogP contribution in [0.15, 0.2) is 30.3 Å². The molecule has 0 saturated carbocycles. The fourth-order valence-electron chi connectivity index (χ4n) is 1.49. The fraction of sp³-hybridized carbons (Fsp3) is 0.429. The van der Waals surface area contributed by atoms with E-state index in [1.54, 1.807) is 12.1 Å². The number of ketones is 1. The topological polar surface area (TPSA) is 58.2 Å². The molecule has 0 atom stereocenters. The van der Waals surface area contributed by atoms with E-state index in [-0.39, 0.29) is 24.1 Å². The van der Waals surface area contributed by atoms with Gasteiger partial charge in [-0.3, -0.25) is 9.59 Å². The summed E-state index contributed by atoms with van der Waals surface area (Å²) in [6.45, 7) is 1.56. The van der Waals surface area contributed by atoms with Crippen LogP contribution < -0.4 is 10.6 Å². The van der Waals surface area contributed by atoms with Crippen molar-refractivity contribution in [2.75, 3.05) is 31.6 Å². The van der Waals surface area contributed by atoms with Gasteiger partial charge in [-0.1, -0.05) is 30.3 Å². The highest BCUT2D eigenvalue weighted by Gasteiger charge is 2.07. The third-order valence-electron chi connectivity index (χ3n) is 2.49. The van der Waals surface area contributed by atoms with E-state index < -0.39 is 0 Å². The fourth-order valence-corrected chi connectivity index (χ4v) is 2.23. The van der Waals surface area contributed by atoms with Crippen molar-refractivity contribution in [2.24, 2.45) is 0 Å². The van der Waals surface area contributed by atoms with Crippen LogP contribution in [0.1, 0.15) is 16.8 Å². The number of hydrogen-bond donors (Lipinski definition) is 2. The number of benzene rings is 1. The van der Waals surface area contributed by atoms with Crippen molar-refractivity contribution in [3.8, 4) is 0 Å². The summed E-state index contributed by atoms with van der Waals surface area (Å²) in [5.74, 6) is 0.724. The molecule has 0 aromatic heterocycles. The SMILES string of the molecule is CNCCCNC(=O)CSCC(=O)c1ccccc1.Cl. The minimum absolute atomic E-state index is 0. The molecule has 112 valence electrons. The van der Waals surface area contributed by atoms with Crippen LogP contribution in [0.5, 0.6) is 0 Å². The first-order valence-corrected chi connectivity index (χ1v) is 7.47. The largest absolute Gasteiger partial charge is 0.355 e. The highest BCUT2D eigenvalue weighted by molar-refractivity contribution is 8.00. The van der Waals surface area contributed by atoms with Crippen molar-refractivity contribution in [1.29, 1.82) is 0 Å². The van der Waals surface area contributed by atoms with E-state index in [0.29, 0.717) is 23.6 Å². The maximum absolute atomic E-state index is 11.8. The quantitative estimate of drug-likeness (QED) is 0.538. The van der Waals surface area contributed by atoms with E-state index in [2.05, 4.69) is 10.6 Å². The first-order chi connectivity index (χ1) is 9.24. The standard InChI is InChI=1S/C14H20N2O2S.ClH/c1-15-8-5-9-16-14(18)11-19-10-13(17)12-6-3-2-4-7-12;/h2-4,6-7,15H,5,8-11H2,1H3,(H,16,18);1H. The lowest BCUT2D eigenvalue weighted by molar-refractivity contribution is -0.118. The van der Waals surface area contributed by atoms with Crippen molar-refractivity contribution >= 4 is 35.9 Å². The molecule has 0 aliphatic rings. The average molecular weight is 317 g/mol. The molecular weight excluding hydrogens is 296 g/mol. The van der Waals surface area contributed by atoms with E-state index >= 15 is 0 Å². The number of carbonyl (C=O) groups is 2. The summed E-state index contributed by atoms with van der Waals surface area (Å²) in [5, 5.41) is 5.84. The van der Waals surface area contributed by atoms with E-state index in [0.717, 1.165) is 13.0 Å². The van der Waals surface area contributed by atoms with Gasteiger partial charge in [-0.2, -0.15) is 0 Å². The van der Waals surface area contributed by atoms with Crippen molar-refractivity contribution in [3.63, 3.8) is 0 Å². The summed E-state index contributed by atoms with van der Waals surface area (Å²) in [6.07, 6.45) is 0.913. The normalized spacial score (nSPS) is 9.65. The van der Waals surface area contributed by atoms with E-state index in [4.69, 9.17) is 0 Å². The average Bonchev–Trinajstić information content (AvgIpc) is 2.44. The highest BCUT2D eigenvalue weighted by atomic mass is 35.5. The van der Waals surface area contributed by atoms with Gasteiger partial charge in [-0.25, -0.2) is 0 Å². The predicted molar refractivity (Wildman–Crippen MR) is 86.9 cm³/mol. The van der Waals surface area contributed by atoms with E-state index in [1.807, 2.05) is 25.2 Å². The van der Waals surface area contributed by atoms with Gasteiger partial charge in [0.1, 0.15) is 0 Å². The van der Waals surface area contributed by atoms with Gasteiger partial charge in [0.25, 0.3) is 0 Å². The summed E-state index contributed by atoms with van der Waals surface area (Å²) in [6, 6.07) is 9.14. The monoisotopic (exact) mass is 316 g/mol. The smallest absolute Gasteiger partial charge is 0.230 e. The molecule has 0 saturated heterocycles. The Labute approximate surface area is 130 Å². The predicted octanol–water partition coefficient (Wildman–Crippen LogP) is 1.75. The first kappa shape index (κ1) is 19.0. The number of amides is 1. The molecule has 2 N–H and O–H groups in total. The summed E-state index contributed by atoms with van der Waals surface area (Å²) >= 11 is 1.35. The number of carbonyl (C=O) groups excluding carboxylic acids is 2. The van der Waals surface area contributed by atoms with Gasteiger partial charge in [0.15, 0.2) is 5.78 Å². The molecule has 0 heterocycles. The maximum Gasteiger partial charge on any atom is 0.230 e. The lowest BCUT2D eigenvalue weighted by Crippen LogP contribution is -2.28. The van der Waals surface area contributed by atoms with Gasteiger partial charge >= 0.3 is 0 Å². The van der Waals surface area contributed by atoms with Gasteiger partial charge in [-0.05, 0) is 20.0 Å². The zero-order valence-electron chi connectivity index (χ0n) is 11.6. The molecule has 1 aromatic rings. The molecule has 6 heteroatoms. The van der Waals surface area contributed by atoms with Gasteiger partial charge in [0, 0.05) is 12.1 Å². The first-order valence-electron chi connectivity index (χ1n) is 6.31.